The molecule has 1 fully saturated rings. The van der Waals surface area contributed by atoms with E-state index in [-0.39, 0.29) is 18.2 Å². The predicted octanol–water partition coefficient (Wildman–Crippen LogP) is 3.47. The molecule has 1 aliphatic heterocycles. The summed E-state index contributed by atoms with van der Waals surface area (Å²) >= 11 is 5.93. The molecule has 3 atom stereocenters. The van der Waals surface area contributed by atoms with Gasteiger partial charge in [0.25, 0.3) is 0 Å². The summed E-state index contributed by atoms with van der Waals surface area (Å²) in [5, 5.41) is 1.01. The van der Waals surface area contributed by atoms with Crippen molar-refractivity contribution in [1.29, 1.82) is 0 Å². The third kappa shape index (κ3) is 5.87. The Kier molecular flexibility index (Phi) is 8.03. The average Bonchev–Trinajstić information content (AvgIpc) is 2.49. The molecule has 5 heteroatoms. The fourth-order valence-electron chi connectivity index (χ4n) is 2.07. The second-order valence-corrected chi connectivity index (χ2v) is 6.75. The van der Waals surface area contributed by atoms with E-state index in [2.05, 4.69) is 38.5 Å². The molecule has 100 valence electrons. The molecule has 1 heterocycles. The number of rotatable bonds is 5. The maximum atomic E-state index is 11.3. The van der Waals surface area contributed by atoms with Crippen molar-refractivity contribution in [3.8, 4) is 0 Å². The van der Waals surface area contributed by atoms with Gasteiger partial charge in [-0.1, -0.05) is 38.5 Å². The van der Waals surface area contributed by atoms with E-state index < -0.39 is 0 Å². The maximum Gasteiger partial charge on any atom is 0.308 e. The number of alkyl halides is 2. The number of halogens is 2. The van der Waals surface area contributed by atoms with Crippen LogP contribution in [0.1, 0.15) is 38.5 Å². The molecule has 1 saturated heterocycles. The smallest absolute Gasteiger partial charge is 0.308 e. The van der Waals surface area contributed by atoms with E-state index in [0.717, 1.165) is 31.0 Å². The summed E-state index contributed by atoms with van der Waals surface area (Å²) in [4.78, 5) is 11.3. The highest BCUT2D eigenvalue weighted by Crippen LogP contribution is 2.28. The van der Waals surface area contributed by atoms with Gasteiger partial charge in [-0.05, 0) is 32.1 Å². The van der Waals surface area contributed by atoms with Crippen LogP contribution in [-0.2, 0) is 14.3 Å². The normalized spacial score (nSPS) is 29.7. The average molecular weight is 419 g/mol. The second kappa shape index (κ2) is 8.69. The van der Waals surface area contributed by atoms with Gasteiger partial charge in [0.1, 0.15) is 0 Å². The standard InChI is InChI=1S/C12H20BrIO3/c1-16-12(15)8-9-4-2-5-10(14)11(17-9)6-3-7-13/h9-11H,2-8H2,1H3. The van der Waals surface area contributed by atoms with Gasteiger partial charge in [0.15, 0.2) is 0 Å². The first-order chi connectivity index (χ1) is 8.17. The Morgan fingerprint density at radius 1 is 1.53 bits per heavy atom. The van der Waals surface area contributed by atoms with Gasteiger partial charge in [0.2, 0.25) is 0 Å². The third-order valence-electron chi connectivity index (χ3n) is 3.02. The fourth-order valence-corrected chi connectivity index (χ4v) is 3.37. The highest BCUT2D eigenvalue weighted by atomic mass is 127. The Labute approximate surface area is 125 Å². The van der Waals surface area contributed by atoms with Gasteiger partial charge in [-0.15, -0.1) is 0 Å². The molecule has 0 aromatic heterocycles. The molecule has 0 aliphatic carbocycles. The van der Waals surface area contributed by atoms with E-state index >= 15 is 0 Å². The van der Waals surface area contributed by atoms with Gasteiger partial charge in [-0.2, -0.15) is 0 Å². The molecule has 0 bridgehead atoms. The van der Waals surface area contributed by atoms with Gasteiger partial charge >= 0.3 is 5.97 Å². The minimum absolute atomic E-state index is 0.0440. The lowest BCUT2D eigenvalue weighted by molar-refractivity contribution is -0.144. The van der Waals surface area contributed by atoms with Crippen LogP contribution in [0.15, 0.2) is 0 Å². The number of hydrogen-bond donors (Lipinski definition) is 0. The predicted molar refractivity (Wildman–Crippen MR) is 80.0 cm³/mol. The van der Waals surface area contributed by atoms with E-state index in [4.69, 9.17) is 9.47 Å². The molecule has 1 rings (SSSR count). The van der Waals surface area contributed by atoms with Gasteiger partial charge in [-0.25, -0.2) is 0 Å². The molecule has 17 heavy (non-hydrogen) atoms. The van der Waals surface area contributed by atoms with Gasteiger partial charge in [0.05, 0.1) is 25.7 Å². The highest BCUT2D eigenvalue weighted by molar-refractivity contribution is 14.1. The summed E-state index contributed by atoms with van der Waals surface area (Å²) in [5.41, 5.74) is 0. The van der Waals surface area contributed by atoms with E-state index in [1.165, 1.54) is 13.5 Å². The van der Waals surface area contributed by atoms with Crippen molar-refractivity contribution >= 4 is 44.5 Å². The first kappa shape index (κ1) is 15.7. The molecule has 0 aromatic carbocycles. The van der Waals surface area contributed by atoms with Crippen molar-refractivity contribution in [2.75, 3.05) is 12.4 Å². The topological polar surface area (TPSA) is 35.5 Å². The lowest BCUT2D eigenvalue weighted by atomic mass is 10.1. The molecular formula is C12H20BrIO3. The first-order valence-corrected chi connectivity index (χ1v) is 8.46. The molecule has 0 saturated carbocycles. The molecule has 3 unspecified atom stereocenters. The maximum absolute atomic E-state index is 11.3. The molecule has 3 nitrogen and oxygen atoms in total. The highest BCUT2D eigenvalue weighted by Gasteiger charge is 2.28. The van der Waals surface area contributed by atoms with Crippen LogP contribution < -0.4 is 0 Å². The lowest BCUT2D eigenvalue weighted by Gasteiger charge is -2.23. The van der Waals surface area contributed by atoms with Crippen LogP contribution in [-0.4, -0.2) is 34.5 Å². The van der Waals surface area contributed by atoms with Crippen LogP contribution in [0.5, 0.6) is 0 Å². The zero-order valence-electron chi connectivity index (χ0n) is 10.2. The summed E-state index contributed by atoms with van der Waals surface area (Å²) in [6.45, 7) is 0. The van der Waals surface area contributed by atoms with Gasteiger partial charge < -0.3 is 9.47 Å². The van der Waals surface area contributed by atoms with Crippen molar-refractivity contribution in [1.82, 2.24) is 0 Å². The fraction of sp³-hybridized carbons (Fsp3) is 0.917. The van der Waals surface area contributed by atoms with Crippen LogP contribution in [0.3, 0.4) is 0 Å². The van der Waals surface area contributed by atoms with E-state index in [9.17, 15) is 4.79 Å². The molecule has 0 spiro atoms. The van der Waals surface area contributed by atoms with Crippen molar-refractivity contribution in [2.24, 2.45) is 0 Å². The number of carbonyl (C=O) groups excluding carboxylic acids is 1. The summed E-state index contributed by atoms with van der Waals surface area (Å²) in [6, 6.07) is 0. The minimum Gasteiger partial charge on any atom is -0.469 e. The van der Waals surface area contributed by atoms with Crippen molar-refractivity contribution in [3.63, 3.8) is 0 Å². The number of ether oxygens (including phenoxy) is 2. The third-order valence-corrected chi connectivity index (χ3v) is 5.01. The second-order valence-electron chi connectivity index (χ2n) is 4.35. The van der Waals surface area contributed by atoms with Crippen LogP contribution >= 0.6 is 38.5 Å². The number of methoxy groups -OCH3 is 1. The molecule has 1 aliphatic rings. The number of hydrogen-bond acceptors (Lipinski definition) is 3. The van der Waals surface area contributed by atoms with E-state index in [1.54, 1.807) is 0 Å². The van der Waals surface area contributed by atoms with Crippen molar-refractivity contribution in [2.45, 2.75) is 54.7 Å². The summed E-state index contributed by atoms with van der Waals surface area (Å²) in [6.07, 6.45) is 6.20. The quantitative estimate of drug-likeness (QED) is 0.389. The van der Waals surface area contributed by atoms with E-state index in [1.807, 2.05) is 0 Å². The molecule has 0 radical (unpaired) electrons. The summed E-state index contributed by atoms with van der Waals surface area (Å²) in [7, 11) is 1.43. The number of esters is 1. The Hall–Kier alpha value is 0.640. The Morgan fingerprint density at radius 3 is 2.94 bits per heavy atom. The SMILES string of the molecule is COC(=O)CC1CCCC(I)C(CCCBr)O1. The van der Waals surface area contributed by atoms with Crippen molar-refractivity contribution < 1.29 is 14.3 Å². The largest absolute Gasteiger partial charge is 0.469 e. The van der Waals surface area contributed by atoms with Crippen LogP contribution in [0.2, 0.25) is 0 Å². The van der Waals surface area contributed by atoms with Crippen molar-refractivity contribution in [3.05, 3.63) is 0 Å². The summed E-state index contributed by atoms with van der Waals surface area (Å²) < 4.78 is 11.3. The zero-order valence-corrected chi connectivity index (χ0v) is 13.9. The Balaban J connectivity index is 2.47. The molecule has 0 amide bonds. The Morgan fingerprint density at radius 2 is 2.29 bits per heavy atom. The molecular weight excluding hydrogens is 399 g/mol. The summed E-state index contributed by atoms with van der Waals surface area (Å²) in [5.74, 6) is -0.166. The number of carbonyl (C=O) groups is 1. The monoisotopic (exact) mass is 418 g/mol. The minimum atomic E-state index is -0.166. The molecule has 0 aromatic rings. The van der Waals surface area contributed by atoms with Crippen LogP contribution in [0.4, 0.5) is 0 Å². The Bertz CT molecular complexity index is 238. The van der Waals surface area contributed by atoms with Gasteiger partial charge in [0, 0.05) is 9.25 Å². The molecule has 0 N–H and O–H groups in total. The van der Waals surface area contributed by atoms with Crippen LogP contribution in [0.25, 0.3) is 0 Å². The van der Waals surface area contributed by atoms with E-state index in [0.29, 0.717) is 10.3 Å². The van der Waals surface area contributed by atoms with Crippen LogP contribution in [0, 0.1) is 0 Å². The zero-order chi connectivity index (χ0) is 12.7. The first-order valence-electron chi connectivity index (χ1n) is 6.09. The van der Waals surface area contributed by atoms with Gasteiger partial charge in [-0.3, -0.25) is 4.79 Å². The lowest BCUT2D eigenvalue weighted by Crippen LogP contribution is -2.28.